The molecule has 1 nitrogen and oxygen atoms in total. The molecule has 88 valence electrons. The van der Waals surface area contributed by atoms with Gasteiger partial charge in [0, 0.05) is 18.2 Å². The van der Waals surface area contributed by atoms with E-state index in [9.17, 15) is 0 Å². The highest BCUT2D eigenvalue weighted by molar-refractivity contribution is 6.68. The third-order valence-corrected chi connectivity index (χ3v) is 3.83. The van der Waals surface area contributed by atoms with Crippen LogP contribution in [0.5, 0.6) is 0 Å². The molecule has 0 bridgehead atoms. The fourth-order valence-corrected chi connectivity index (χ4v) is 1.19. The van der Waals surface area contributed by atoms with Crippen LogP contribution in [0.15, 0.2) is 35.3 Å². The van der Waals surface area contributed by atoms with Crippen LogP contribution >= 0.6 is 34.8 Å². The quantitative estimate of drug-likeness (QED) is 0.570. The molecule has 0 amide bonds. The van der Waals surface area contributed by atoms with Crippen molar-refractivity contribution < 1.29 is 0 Å². The van der Waals surface area contributed by atoms with Crippen LogP contribution in [0.2, 0.25) is 0 Å². The molecule has 4 heteroatoms. The van der Waals surface area contributed by atoms with Crippen LogP contribution in [0.3, 0.4) is 0 Å². The molecule has 0 atom stereocenters. The summed E-state index contributed by atoms with van der Waals surface area (Å²) in [5.74, 6) is 0. The van der Waals surface area contributed by atoms with Gasteiger partial charge < -0.3 is 0 Å². The van der Waals surface area contributed by atoms with Gasteiger partial charge in [0.25, 0.3) is 0 Å². The first-order chi connectivity index (χ1) is 7.33. The van der Waals surface area contributed by atoms with Gasteiger partial charge in [-0.15, -0.1) is 0 Å². The van der Waals surface area contributed by atoms with E-state index in [0.29, 0.717) is 6.54 Å². The monoisotopic (exact) mass is 277 g/mol. The fraction of sp³-hybridized carbons (Fsp3) is 0.417. The maximum absolute atomic E-state index is 5.86. The molecule has 1 rings (SSSR count). The molecule has 1 aromatic rings. The molecule has 0 aliphatic rings. The lowest BCUT2D eigenvalue weighted by molar-refractivity contribution is 0.389. The van der Waals surface area contributed by atoms with Gasteiger partial charge in [-0.2, -0.15) is 0 Å². The Kier molecular flexibility index (Phi) is 4.66. The molecule has 0 aliphatic carbocycles. The summed E-state index contributed by atoms with van der Waals surface area (Å²) in [5, 5.41) is 0. The summed E-state index contributed by atoms with van der Waals surface area (Å²) in [4.78, 5) is 4.30. The molecule has 0 aromatic heterocycles. The number of halogens is 3. The van der Waals surface area contributed by atoms with Crippen molar-refractivity contribution in [2.45, 2.75) is 17.6 Å². The Bertz CT molecular complexity index is 352. The minimum atomic E-state index is -1.30. The molecule has 1 aromatic carbocycles. The fourth-order valence-electron chi connectivity index (χ4n) is 1.01. The molecule has 16 heavy (non-hydrogen) atoms. The Morgan fingerprint density at radius 3 is 2.19 bits per heavy atom. The summed E-state index contributed by atoms with van der Waals surface area (Å²) >= 11 is 17.6. The second-order valence-corrected chi connectivity index (χ2v) is 6.54. The summed E-state index contributed by atoms with van der Waals surface area (Å²) in [7, 11) is 0. The smallest absolute Gasteiger partial charge is 0.197 e. The lowest BCUT2D eigenvalue weighted by Gasteiger charge is -2.30. The van der Waals surface area contributed by atoms with Gasteiger partial charge in [0.05, 0.1) is 0 Å². The normalized spacial score (nSPS) is 13.3. The average Bonchev–Trinajstić information content (AvgIpc) is 2.17. The van der Waals surface area contributed by atoms with Crippen LogP contribution in [-0.4, -0.2) is 16.6 Å². The maximum atomic E-state index is 5.86. The topological polar surface area (TPSA) is 12.4 Å². The van der Waals surface area contributed by atoms with E-state index in [4.69, 9.17) is 34.8 Å². The van der Waals surface area contributed by atoms with Crippen LogP contribution in [0.25, 0.3) is 0 Å². The van der Waals surface area contributed by atoms with Gasteiger partial charge in [0.2, 0.25) is 0 Å². The number of hydrogen-bond donors (Lipinski definition) is 0. The van der Waals surface area contributed by atoms with Gasteiger partial charge in [0.15, 0.2) is 3.79 Å². The zero-order chi connectivity index (χ0) is 12.2. The first-order valence-corrected chi connectivity index (χ1v) is 6.08. The minimum absolute atomic E-state index is 0.471. The summed E-state index contributed by atoms with van der Waals surface area (Å²) in [5.41, 5.74) is 0.561. The largest absolute Gasteiger partial charge is 0.292 e. The van der Waals surface area contributed by atoms with E-state index >= 15 is 0 Å². The molecule has 0 saturated heterocycles. The van der Waals surface area contributed by atoms with Crippen LogP contribution in [-0.2, 0) is 0 Å². The van der Waals surface area contributed by atoms with E-state index in [0.717, 1.165) is 5.56 Å². The SMILES string of the molecule is CC(C)(CN=Cc1ccccc1)C(Cl)(Cl)Cl. The highest BCUT2D eigenvalue weighted by atomic mass is 35.6. The zero-order valence-electron chi connectivity index (χ0n) is 9.25. The highest BCUT2D eigenvalue weighted by Gasteiger charge is 2.39. The van der Waals surface area contributed by atoms with Crippen molar-refractivity contribution >= 4 is 41.0 Å². The molecule has 0 unspecified atom stereocenters. The van der Waals surface area contributed by atoms with Crippen molar-refractivity contribution in [3.05, 3.63) is 35.9 Å². The lowest BCUT2D eigenvalue weighted by atomic mass is 9.96. The summed E-state index contributed by atoms with van der Waals surface area (Å²) in [6.07, 6.45) is 1.79. The number of benzene rings is 1. The van der Waals surface area contributed by atoms with Crippen molar-refractivity contribution in [2.24, 2.45) is 10.4 Å². The molecule has 0 heterocycles. The van der Waals surface area contributed by atoms with Gasteiger partial charge in [-0.3, -0.25) is 4.99 Å². The number of nitrogens with zero attached hydrogens (tertiary/aromatic N) is 1. The average molecular weight is 279 g/mol. The van der Waals surface area contributed by atoms with Crippen LogP contribution in [0, 0.1) is 5.41 Å². The molecule has 0 fully saturated rings. The van der Waals surface area contributed by atoms with Crippen LogP contribution in [0.1, 0.15) is 19.4 Å². The number of alkyl halides is 3. The first kappa shape index (κ1) is 13.8. The zero-order valence-corrected chi connectivity index (χ0v) is 11.5. The van der Waals surface area contributed by atoms with Crippen LogP contribution in [0.4, 0.5) is 0 Å². The molecule has 0 saturated carbocycles. The predicted octanol–water partition coefficient (Wildman–Crippen LogP) is 4.50. The van der Waals surface area contributed by atoms with E-state index in [1.165, 1.54) is 0 Å². The number of aliphatic imine (C=N–C) groups is 1. The highest BCUT2D eigenvalue weighted by Crippen LogP contribution is 2.44. The van der Waals surface area contributed by atoms with E-state index in [1.54, 1.807) is 6.21 Å². The Morgan fingerprint density at radius 1 is 1.12 bits per heavy atom. The molecular formula is C12H14Cl3N. The van der Waals surface area contributed by atoms with Crippen molar-refractivity contribution in [2.75, 3.05) is 6.54 Å². The van der Waals surface area contributed by atoms with E-state index in [1.807, 2.05) is 44.2 Å². The van der Waals surface area contributed by atoms with Gasteiger partial charge in [-0.1, -0.05) is 79.0 Å². The molecule has 0 spiro atoms. The molecular weight excluding hydrogens is 264 g/mol. The van der Waals surface area contributed by atoms with Gasteiger partial charge in [-0.25, -0.2) is 0 Å². The van der Waals surface area contributed by atoms with E-state index in [-0.39, 0.29) is 0 Å². The number of rotatable bonds is 3. The van der Waals surface area contributed by atoms with E-state index in [2.05, 4.69) is 4.99 Å². The van der Waals surface area contributed by atoms with Crippen molar-refractivity contribution in [1.29, 1.82) is 0 Å². The second kappa shape index (κ2) is 5.39. The molecule has 0 radical (unpaired) electrons. The summed E-state index contributed by atoms with van der Waals surface area (Å²) in [6.45, 7) is 4.23. The standard InChI is InChI=1S/C12H14Cl3N/c1-11(2,12(13,14)15)9-16-8-10-6-4-3-5-7-10/h3-8H,9H2,1-2H3. The lowest BCUT2D eigenvalue weighted by Crippen LogP contribution is -2.32. The van der Waals surface area contributed by atoms with Gasteiger partial charge in [0.1, 0.15) is 0 Å². The van der Waals surface area contributed by atoms with Gasteiger partial charge in [-0.05, 0) is 5.56 Å². The van der Waals surface area contributed by atoms with Crippen molar-refractivity contribution in [3.8, 4) is 0 Å². The van der Waals surface area contributed by atoms with Crippen molar-refractivity contribution in [3.63, 3.8) is 0 Å². The first-order valence-electron chi connectivity index (χ1n) is 4.94. The predicted molar refractivity (Wildman–Crippen MR) is 73.0 cm³/mol. The Balaban J connectivity index is 2.62. The van der Waals surface area contributed by atoms with Gasteiger partial charge >= 0.3 is 0 Å². The second-order valence-electron chi connectivity index (χ2n) is 4.26. The van der Waals surface area contributed by atoms with Crippen LogP contribution < -0.4 is 0 Å². The van der Waals surface area contributed by atoms with Crippen molar-refractivity contribution in [1.82, 2.24) is 0 Å². The summed E-state index contributed by atoms with van der Waals surface area (Å²) in [6, 6.07) is 9.84. The third kappa shape index (κ3) is 3.97. The minimum Gasteiger partial charge on any atom is -0.292 e. The molecule has 0 N–H and O–H groups in total. The maximum Gasteiger partial charge on any atom is 0.197 e. The summed E-state index contributed by atoms with van der Waals surface area (Å²) < 4.78 is -1.30. The Hall–Kier alpha value is -0.240. The third-order valence-electron chi connectivity index (χ3n) is 2.29. The number of hydrogen-bond acceptors (Lipinski definition) is 1. The molecule has 0 aliphatic heterocycles. The Morgan fingerprint density at radius 2 is 1.69 bits per heavy atom. The van der Waals surface area contributed by atoms with E-state index < -0.39 is 9.21 Å². The Labute approximate surface area is 111 Å².